The van der Waals surface area contributed by atoms with Crippen molar-refractivity contribution in [1.82, 2.24) is 5.32 Å². The lowest BCUT2D eigenvalue weighted by Crippen LogP contribution is -2.29. The molecule has 35 heavy (non-hydrogen) atoms. The van der Waals surface area contributed by atoms with Gasteiger partial charge < -0.3 is 34.0 Å². The van der Waals surface area contributed by atoms with Gasteiger partial charge in [-0.2, -0.15) is 0 Å². The number of fused-ring (bicyclic) bond motifs is 1. The van der Waals surface area contributed by atoms with Gasteiger partial charge in [0.2, 0.25) is 18.3 Å². The summed E-state index contributed by atoms with van der Waals surface area (Å²) in [5.74, 6) is 2.46. The quantitative estimate of drug-likeness (QED) is 0.567. The predicted molar refractivity (Wildman–Crippen MR) is 135 cm³/mol. The maximum Gasteiger partial charge on any atom is 0.231 e. The van der Waals surface area contributed by atoms with Crippen molar-refractivity contribution in [3.8, 4) is 23.0 Å². The summed E-state index contributed by atoms with van der Waals surface area (Å²) < 4.78 is 22.3. The fraction of sp³-hybridized carbons (Fsp3) is 0.519. The minimum atomic E-state index is -0.0649. The highest BCUT2D eigenvalue weighted by atomic mass is 16.7. The van der Waals surface area contributed by atoms with Gasteiger partial charge >= 0.3 is 0 Å². The van der Waals surface area contributed by atoms with E-state index in [1.807, 2.05) is 6.07 Å². The fourth-order valence-electron chi connectivity index (χ4n) is 5.05. The molecule has 2 aromatic rings. The summed E-state index contributed by atoms with van der Waals surface area (Å²) in [4.78, 5) is 8.24. The summed E-state index contributed by atoms with van der Waals surface area (Å²) in [5.41, 5.74) is 4.57. The summed E-state index contributed by atoms with van der Waals surface area (Å²) in [6, 6.07) is 11.1. The van der Waals surface area contributed by atoms with Crippen LogP contribution in [0.5, 0.6) is 23.0 Å². The van der Waals surface area contributed by atoms with Crippen molar-refractivity contribution in [3.63, 3.8) is 0 Å². The Hall–Kier alpha value is -3.13. The molecule has 3 aliphatic rings. The Morgan fingerprint density at radius 1 is 1.06 bits per heavy atom. The van der Waals surface area contributed by atoms with Crippen LogP contribution in [-0.4, -0.2) is 52.5 Å². The number of methoxy groups -OCH3 is 2. The smallest absolute Gasteiger partial charge is 0.231 e. The summed E-state index contributed by atoms with van der Waals surface area (Å²) in [6.07, 6.45) is 5.26. The van der Waals surface area contributed by atoms with Crippen molar-refractivity contribution in [3.05, 3.63) is 41.5 Å². The van der Waals surface area contributed by atoms with E-state index in [0.717, 1.165) is 17.7 Å². The van der Waals surface area contributed by atoms with E-state index in [4.69, 9.17) is 23.8 Å². The summed E-state index contributed by atoms with van der Waals surface area (Å²) in [6.45, 7) is 5.36. The lowest BCUT2D eigenvalue weighted by atomic mass is 10.0. The molecule has 0 unspecified atom stereocenters. The monoisotopic (exact) mass is 481 g/mol. The number of nitrogens with one attached hydrogen (secondary N) is 1. The van der Waals surface area contributed by atoms with Crippen LogP contribution in [0, 0.1) is 0 Å². The molecule has 188 valence electrons. The molecule has 0 spiro atoms. The van der Waals surface area contributed by atoms with Gasteiger partial charge in [0.05, 0.1) is 19.9 Å². The Balaban J connectivity index is 1.14. The number of oxime groups is 1. The van der Waals surface area contributed by atoms with Gasteiger partial charge in [-0.25, -0.2) is 0 Å². The van der Waals surface area contributed by atoms with Gasteiger partial charge in [0, 0.05) is 49.8 Å². The van der Waals surface area contributed by atoms with Crippen LogP contribution < -0.4 is 29.2 Å². The Labute approximate surface area is 207 Å². The Bertz CT molecular complexity index is 1050. The molecule has 2 atom stereocenters. The van der Waals surface area contributed by atoms with Crippen LogP contribution in [0.2, 0.25) is 0 Å². The lowest BCUT2D eigenvalue weighted by Gasteiger charge is -2.29. The number of nitrogens with zero attached hydrogens (tertiary/aromatic N) is 2. The first kappa shape index (κ1) is 23.6. The second-order valence-electron chi connectivity index (χ2n) is 9.37. The molecule has 1 saturated heterocycles. The van der Waals surface area contributed by atoms with Gasteiger partial charge in [0.1, 0.15) is 6.10 Å². The van der Waals surface area contributed by atoms with Gasteiger partial charge in [-0.1, -0.05) is 17.3 Å². The predicted octanol–water partition coefficient (Wildman–Crippen LogP) is 4.46. The van der Waals surface area contributed by atoms with Crippen LogP contribution in [0.1, 0.15) is 49.8 Å². The Kier molecular flexibility index (Phi) is 7.18. The van der Waals surface area contributed by atoms with E-state index >= 15 is 0 Å². The molecule has 2 aromatic carbocycles. The number of rotatable bonds is 9. The van der Waals surface area contributed by atoms with Gasteiger partial charge in [-0.3, -0.25) is 0 Å². The molecule has 5 rings (SSSR count). The zero-order chi connectivity index (χ0) is 24.2. The largest absolute Gasteiger partial charge is 0.493 e. The van der Waals surface area contributed by atoms with Crippen LogP contribution in [-0.2, 0) is 11.3 Å². The summed E-state index contributed by atoms with van der Waals surface area (Å²) in [5, 5.41) is 7.94. The average Bonchev–Trinajstić information content (AvgIpc) is 3.57. The zero-order valence-corrected chi connectivity index (χ0v) is 20.8. The molecule has 3 heterocycles. The van der Waals surface area contributed by atoms with E-state index in [9.17, 15) is 0 Å². The van der Waals surface area contributed by atoms with Crippen molar-refractivity contribution in [2.24, 2.45) is 5.16 Å². The molecule has 1 fully saturated rings. The number of piperidine rings is 1. The third-order valence-electron chi connectivity index (χ3n) is 7.03. The van der Waals surface area contributed by atoms with Crippen LogP contribution in [0.4, 0.5) is 5.69 Å². The van der Waals surface area contributed by atoms with E-state index in [0.29, 0.717) is 36.0 Å². The maximum absolute atomic E-state index is 5.76. The molecule has 0 radical (unpaired) electrons. The number of hydrogen-bond acceptors (Lipinski definition) is 8. The molecule has 0 aliphatic carbocycles. The van der Waals surface area contributed by atoms with E-state index in [2.05, 4.69) is 46.6 Å². The average molecular weight is 482 g/mol. The molecule has 8 heteroatoms. The Morgan fingerprint density at radius 2 is 1.83 bits per heavy atom. The van der Waals surface area contributed by atoms with Gasteiger partial charge in [0.15, 0.2) is 11.5 Å². The van der Waals surface area contributed by atoms with Crippen molar-refractivity contribution in [1.29, 1.82) is 0 Å². The molecule has 8 nitrogen and oxygen atoms in total. The fourth-order valence-corrected chi connectivity index (χ4v) is 5.05. The highest BCUT2D eigenvalue weighted by Gasteiger charge is 2.30. The minimum Gasteiger partial charge on any atom is -0.493 e. The standard InChI is InChI=1S/C27H35N3O5/c1-18(19-7-9-22(10-8-19)30-11-5-4-6-12-30)28-16-21-15-23(35-29-21)13-20-14-24(31-2)26-27(25(20)32-3)34-17-33-26/h7-10,14,18,23,28H,4-6,11-13,15-17H2,1-3H3/t18-,23+/m1/s1. The Morgan fingerprint density at radius 3 is 2.57 bits per heavy atom. The van der Waals surface area contributed by atoms with Gasteiger partial charge in [-0.15, -0.1) is 0 Å². The number of anilines is 1. The number of ether oxygens (including phenoxy) is 4. The highest BCUT2D eigenvalue weighted by Crippen LogP contribution is 2.50. The summed E-state index contributed by atoms with van der Waals surface area (Å²) in [7, 11) is 3.25. The van der Waals surface area contributed by atoms with Gasteiger partial charge in [0.25, 0.3) is 0 Å². The normalized spacial score (nSPS) is 19.8. The lowest BCUT2D eigenvalue weighted by molar-refractivity contribution is 0.0853. The molecule has 1 N–H and O–H groups in total. The van der Waals surface area contributed by atoms with Crippen LogP contribution >= 0.6 is 0 Å². The van der Waals surface area contributed by atoms with Crippen molar-refractivity contribution < 1.29 is 23.8 Å². The second kappa shape index (κ2) is 10.6. The third-order valence-corrected chi connectivity index (χ3v) is 7.03. The molecule has 0 bridgehead atoms. The van der Waals surface area contributed by atoms with E-state index in [1.54, 1.807) is 14.2 Å². The van der Waals surface area contributed by atoms with E-state index < -0.39 is 0 Å². The van der Waals surface area contributed by atoms with E-state index in [-0.39, 0.29) is 18.9 Å². The van der Waals surface area contributed by atoms with Crippen molar-refractivity contribution >= 4 is 11.4 Å². The maximum atomic E-state index is 5.76. The first-order chi connectivity index (χ1) is 17.2. The topological polar surface area (TPSA) is 73.8 Å². The number of benzene rings is 2. The molecular formula is C27H35N3O5. The second-order valence-corrected chi connectivity index (χ2v) is 9.37. The molecule has 0 saturated carbocycles. The first-order valence-electron chi connectivity index (χ1n) is 12.5. The van der Waals surface area contributed by atoms with Crippen molar-refractivity contribution in [2.45, 2.75) is 51.2 Å². The molecular weight excluding hydrogens is 446 g/mol. The SMILES string of the molecule is COc1cc(C[C@H]2CC(CN[C@H](C)c3ccc(N4CCCCC4)cc3)=NO2)c(OC)c2c1OCO2. The zero-order valence-electron chi connectivity index (χ0n) is 20.8. The molecule has 3 aliphatic heterocycles. The van der Waals surface area contributed by atoms with Crippen LogP contribution in [0.3, 0.4) is 0 Å². The van der Waals surface area contributed by atoms with Crippen LogP contribution in [0.15, 0.2) is 35.5 Å². The van der Waals surface area contributed by atoms with Crippen molar-refractivity contribution in [2.75, 3.05) is 45.5 Å². The molecule has 0 amide bonds. The summed E-state index contributed by atoms with van der Waals surface area (Å²) >= 11 is 0. The molecule has 0 aromatic heterocycles. The van der Waals surface area contributed by atoms with Crippen LogP contribution in [0.25, 0.3) is 0 Å². The van der Waals surface area contributed by atoms with E-state index in [1.165, 1.54) is 43.6 Å². The minimum absolute atomic E-state index is 0.0649. The number of hydrogen-bond donors (Lipinski definition) is 1. The highest BCUT2D eigenvalue weighted by molar-refractivity contribution is 5.87. The third kappa shape index (κ3) is 5.12. The first-order valence-corrected chi connectivity index (χ1v) is 12.5. The van der Waals surface area contributed by atoms with Gasteiger partial charge in [-0.05, 0) is 49.9 Å².